The van der Waals surface area contributed by atoms with E-state index in [0.29, 0.717) is 58.4 Å². The predicted molar refractivity (Wildman–Crippen MR) is 142 cm³/mol. The Hall–Kier alpha value is -3.50. The Morgan fingerprint density at radius 3 is 2.53 bits per heavy atom. The van der Waals surface area contributed by atoms with E-state index in [-0.39, 0.29) is 29.2 Å². The molecule has 3 aromatic rings. The van der Waals surface area contributed by atoms with E-state index in [9.17, 15) is 22.8 Å². The van der Waals surface area contributed by atoms with Crippen molar-refractivity contribution in [1.82, 2.24) is 15.2 Å². The molecule has 38 heavy (non-hydrogen) atoms. The molecule has 2 aliphatic heterocycles. The third-order valence-corrected chi connectivity index (χ3v) is 9.48. The maximum absolute atomic E-state index is 14.4. The van der Waals surface area contributed by atoms with Crippen molar-refractivity contribution in [2.45, 2.75) is 35.1 Å². The van der Waals surface area contributed by atoms with Crippen molar-refractivity contribution >= 4 is 55.6 Å². The number of fused-ring (bicyclic) bond motifs is 3. The van der Waals surface area contributed by atoms with E-state index in [1.807, 2.05) is 0 Å². The van der Waals surface area contributed by atoms with Crippen molar-refractivity contribution in [3.63, 3.8) is 0 Å². The third kappa shape index (κ3) is 3.46. The molecule has 1 spiro atoms. The summed E-state index contributed by atoms with van der Waals surface area (Å²) in [5, 5.41) is 4.39. The quantitative estimate of drug-likeness (QED) is 0.532. The highest BCUT2D eigenvalue weighted by molar-refractivity contribution is 7.90. The number of likely N-dealkylation sites (N-methyl/N-ethyl adjacent to an activating group) is 1. The number of sulfone groups is 1. The SMILES string of the molecule is CNC(=O)C1(N2CC3(CCN(c4cncc5cc(S(C)(=O)=O)ccc45)C3=O)c3cc(Cl)ccc3C2=O)CC1. The molecular weight excluding hydrogens is 528 g/mol. The van der Waals surface area contributed by atoms with Crippen LogP contribution in [-0.2, 0) is 24.8 Å². The van der Waals surface area contributed by atoms with E-state index < -0.39 is 20.8 Å². The van der Waals surface area contributed by atoms with Crippen LogP contribution in [0.1, 0.15) is 35.2 Å². The summed E-state index contributed by atoms with van der Waals surface area (Å²) >= 11 is 6.36. The van der Waals surface area contributed by atoms with Gasteiger partial charge in [-0.3, -0.25) is 19.4 Å². The topological polar surface area (TPSA) is 117 Å². The number of amides is 3. The molecule has 11 heteroatoms. The Labute approximate surface area is 224 Å². The first kappa shape index (κ1) is 24.8. The summed E-state index contributed by atoms with van der Waals surface area (Å²) in [5.41, 5.74) is -0.553. The number of carbonyl (C=O) groups excluding carboxylic acids is 3. The van der Waals surface area contributed by atoms with Gasteiger partial charge in [0.15, 0.2) is 9.84 Å². The zero-order valence-corrected chi connectivity index (χ0v) is 22.4. The van der Waals surface area contributed by atoms with Crippen LogP contribution in [0.15, 0.2) is 53.7 Å². The molecule has 3 amide bonds. The lowest BCUT2D eigenvalue weighted by molar-refractivity contribution is -0.129. The molecule has 1 unspecified atom stereocenters. The van der Waals surface area contributed by atoms with Gasteiger partial charge in [0.2, 0.25) is 11.8 Å². The first-order chi connectivity index (χ1) is 18.0. The zero-order valence-electron chi connectivity index (χ0n) is 20.8. The third-order valence-electron chi connectivity index (χ3n) is 8.14. The summed E-state index contributed by atoms with van der Waals surface area (Å²) in [6.45, 7) is 0.423. The van der Waals surface area contributed by atoms with Gasteiger partial charge in [-0.1, -0.05) is 17.7 Å². The molecule has 1 saturated carbocycles. The van der Waals surface area contributed by atoms with E-state index in [4.69, 9.17) is 11.6 Å². The van der Waals surface area contributed by atoms with E-state index >= 15 is 0 Å². The lowest BCUT2D eigenvalue weighted by atomic mass is 9.73. The number of hydrogen-bond acceptors (Lipinski definition) is 6. The Morgan fingerprint density at radius 1 is 1.08 bits per heavy atom. The van der Waals surface area contributed by atoms with Crippen LogP contribution in [0.2, 0.25) is 5.02 Å². The number of hydrogen-bond donors (Lipinski definition) is 1. The number of nitrogens with zero attached hydrogens (tertiary/aromatic N) is 3. The fraction of sp³-hybridized carbons (Fsp3) is 0.333. The van der Waals surface area contributed by atoms with Gasteiger partial charge in [0.1, 0.15) is 5.54 Å². The fourth-order valence-corrected chi connectivity index (χ4v) is 6.80. The molecule has 3 aliphatic rings. The smallest absolute Gasteiger partial charge is 0.255 e. The van der Waals surface area contributed by atoms with Crippen molar-refractivity contribution in [2.24, 2.45) is 0 Å². The fourth-order valence-electron chi connectivity index (χ4n) is 5.97. The molecule has 0 bridgehead atoms. The van der Waals surface area contributed by atoms with Crippen molar-refractivity contribution in [3.05, 3.63) is 64.9 Å². The van der Waals surface area contributed by atoms with E-state index in [2.05, 4.69) is 10.3 Å². The standard InChI is InChI=1S/C27H25ClN4O5S/c1-29-24(34)27(7-8-27)32-15-26(21-12-17(28)3-5-20(21)23(32)33)9-10-31(25(26)35)22-14-30-13-16-11-18(38(2,36)37)4-6-19(16)22/h3-6,11-14H,7-10,15H2,1-2H3,(H,29,34). The highest BCUT2D eigenvalue weighted by Gasteiger charge is 2.63. The van der Waals surface area contributed by atoms with Crippen molar-refractivity contribution in [3.8, 4) is 0 Å². The largest absolute Gasteiger partial charge is 0.357 e. The second-order valence-electron chi connectivity index (χ2n) is 10.3. The van der Waals surface area contributed by atoms with Crippen LogP contribution in [-0.4, -0.2) is 68.0 Å². The Balaban J connectivity index is 1.47. The summed E-state index contributed by atoms with van der Waals surface area (Å²) in [6, 6.07) is 9.71. The number of pyridine rings is 1. The first-order valence-corrected chi connectivity index (χ1v) is 14.5. The molecule has 2 aromatic carbocycles. The predicted octanol–water partition coefficient (Wildman–Crippen LogP) is 2.70. The minimum atomic E-state index is -3.42. The van der Waals surface area contributed by atoms with Crippen LogP contribution >= 0.6 is 11.6 Å². The average Bonchev–Trinajstić information content (AvgIpc) is 3.64. The van der Waals surface area contributed by atoms with Gasteiger partial charge in [-0.2, -0.15) is 0 Å². The number of benzene rings is 2. The highest BCUT2D eigenvalue weighted by Crippen LogP contribution is 2.51. The molecule has 2 fully saturated rings. The Bertz CT molecular complexity index is 1670. The maximum atomic E-state index is 14.4. The Morgan fingerprint density at radius 2 is 1.84 bits per heavy atom. The van der Waals surface area contributed by atoms with E-state index in [1.165, 1.54) is 6.07 Å². The van der Waals surface area contributed by atoms with Crippen LogP contribution in [0, 0.1) is 0 Å². The van der Waals surface area contributed by atoms with Crippen LogP contribution in [0.3, 0.4) is 0 Å². The monoisotopic (exact) mass is 552 g/mol. The van der Waals surface area contributed by atoms with Gasteiger partial charge in [0.25, 0.3) is 5.91 Å². The van der Waals surface area contributed by atoms with Gasteiger partial charge in [-0.05, 0) is 55.2 Å². The summed E-state index contributed by atoms with van der Waals surface area (Å²) in [4.78, 5) is 48.6. The number of aromatic nitrogens is 1. The van der Waals surface area contributed by atoms with Gasteiger partial charge >= 0.3 is 0 Å². The van der Waals surface area contributed by atoms with Gasteiger partial charge in [-0.15, -0.1) is 0 Å². The second-order valence-corrected chi connectivity index (χ2v) is 12.7. The van der Waals surface area contributed by atoms with Gasteiger partial charge in [0.05, 0.1) is 22.2 Å². The van der Waals surface area contributed by atoms with E-state index in [1.54, 1.807) is 59.6 Å². The molecule has 196 valence electrons. The highest BCUT2D eigenvalue weighted by atomic mass is 35.5. The minimum Gasteiger partial charge on any atom is -0.357 e. The molecular formula is C27H25ClN4O5S. The molecule has 1 aromatic heterocycles. The van der Waals surface area contributed by atoms with Crippen LogP contribution < -0.4 is 10.2 Å². The molecule has 0 radical (unpaired) electrons. The van der Waals surface area contributed by atoms with Gasteiger partial charge < -0.3 is 15.1 Å². The summed E-state index contributed by atoms with van der Waals surface area (Å²) < 4.78 is 24.1. The zero-order chi connectivity index (χ0) is 27.0. The second kappa shape index (κ2) is 8.25. The summed E-state index contributed by atoms with van der Waals surface area (Å²) in [6.07, 6.45) is 5.78. The molecule has 1 aliphatic carbocycles. The maximum Gasteiger partial charge on any atom is 0.255 e. The van der Waals surface area contributed by atoms with Crippen molar-refractivity contribution in [1.29, 1.82) is 0 Å². The molecule has 3 heterocycles. The number of anilines is 1. The number of nitrogens with one attached hydrogen (secondary N) is 1. The summed E-state index contributed by atoms with van der Waals surface area (Å²) in [7, 11) is -1.87. The first-order valence-electron chi connectivity index (χ1n) is 12.3. The molecule has 9 nitrogen and oxygen atoms in total. The molecule has 1 atom stereocenters. The molecule has 1 saturated heterocycles. The molecule has 6 rings (SSSR count). The van der Waals surface area contributed by atoms with Gasteiger partial charge in [0, 0.05) is 53.9 Å². The van der Waals surface area contributed by atoms with Crippen molar-refractivity contribution < 1.29 is 22.8 Å². The summed E-state index contributed by atoms with van der Waals surface area (Å²) in [5.74, 6) is -0.733. The van der Waals surface area contributed by atoms with Crippen LogP contribution in [0.25, 0.3) is 10.8 Å². The minimum absolute atomic E-state index is 0.0678. The van der Waals surface area contributed by atoms with Crippen LogP contribution in [0.5, 0.6) is 0 Å². The normalized spacial score (nSPS) is 22.2. The number of halogens is 1. The Kier molecular flexibility index (Phi) is 5.39. The number of carbonyl (C=O) groups is 3. The molecule has 1 N–H and O–H groups in total. The van der Waals surface area contributed by atoms with E-state index in [0.717, 1.165) is 6.26 Å². The lowest BCUT2D eigenvalue weighted by Crippen LogP contribution is -2.60. The number of rotatable bonds is 4. The van der Waals surface area contributed by atoms with Crippen molar-refractivity contribution in [2.75, 3.05) is 31.3 Å². The van der Waals surface area contributed by atoms with Gasteiger partial charge in [-0.25, -0.2) is 8.42 Å². The van der Waals surface area contributed by atoms with Crippen LogP contribution in [0.4, 0.5) is 5.69 Å². The lowest BCUT2D eigenvalue weighted by Gasteiger charge is -2.43. The average molecular weight is 553 g/mol.